The SMILES string of the molecule is CCCCCCCCCCCCCCCC[NH3+].O=S(=O)([O-])O. The molecule has 0 saturated carbocycles. The molecule has 0 aliphatic rings. The molecule has 0 atom stereocenters. The molecule has 0 unspecified atom stereocenters. The van der Waals surface area contributed by atoms with Gasteiger partial charge in [-0.2, -0.15) is 0 Å². The van der Waals surface area contributed by atoms with Crippen molar-refractivity contribution in [3.05, 3.63) is 0 Å². The van der Waals surface area contributed by atoms with Crippen LogP contribution in [0, 0.1) is 0 Å². The Morgan fingerprint density at radius 1 is 0.727 bits per heavy atom. The average molecular weight is 340 g/mol. The summed E-state index contributed by atoms with van der Waals surface area (Å²) in [4.78, 5) is 0. The fourth-order valence-corrected chi connectivity index (χ4v) is 2.37. The minimum absolute atomic E-state index is 1.12. The van der Waals surface area contributed by atoms with Crippen LogP contribution in [0.2, 0.25) is 0 Å². The van der Waals surface area contributed by atoms with Crippen LogP contribution in [-0.4, -0.2) is 24.1 Å². The maximum absolute atomic E-state index is 8.63. The fraction of sp³-hybridized carbons (Fsp3) is 1.00. The van der Waals surface area contributed by atoms with Crippen LogP contribution in [0.5, 0.6) is 0 Å². The third kappa shape index (κ3) is 36.8. The van der Waals surface area contributed by atoms with Crippen LogP contribution in [0.1, 0.15) is 96.8 Å². The Kier molecular flexibility index (Phi) is 20.7. The molecule has 0 rings (SSSR count). The lowest BCUT2D eigenvalue weighted by molar-refractivity contribution is -0.368. The Morgan fingerprint density at radius 2 is 0.955 bits per heavy atom. The van der Waals surface area contributed by atoms with Crippen molar-refractivity contribution in [2.45, 2.75) is 96.8 Å². The van der Waals surface area contributed by atoms with Crippen molar-refractivity contribution >= 4 is 10.4 Å². The summed E-state index contributed by atoms with van der Waals surface area (Å²) in [6, 6.07) is 0. The van der Waals surface area contributed by atoms with Crippen molar-refractivity contribution in [1.29, 1.82) is 0 Å². The first-order chi connectivity index (χ1) is 10.4. The van der Waals surface area contributed by atoms with Crippen molar-refractivity contribution in [2.75, 3.05) is 6.54 Å². The monoisotopic (exact) mass is 339 g/mol. The molecular weight excluding hydrogens is 302 g/mol. The first-order valence-corrected chi connectivity index (χ1v) is 10.3. The molecule has 0 spiro atoms. The summed E-state index contributed by atoms with van der Waals surface area (Å²) in [5.74, 6) is 0. The molecule has 0 aromatic rings. The molecule has 0 heterocycles. The van der Waals surface area contributed by atoms with Crippen LogP contribution < -0.4 is 5.73 Å². The summed E-state index contributed by atoms with van der Waals surface area (Å²) in [6.07, 6.45) is 20.2. The maximum atomic E-state index is 8.63. The third-order valence-electron chi connectivity index (χ3n) is 3.60. The van der Waals surface area contributed by atoms with Gasteiger partial charge in [0.2, 0.25) is 10.4 Å². The zero-order valence-corrected chi connectivity index (χ0v) is 15.2. The van der Waals surface area contributed by atoms with E-state index < -0.39 is 10.4 Å². The van der Waals surface area contributed by atoms with Gasteiger partial charge in [0.15, 0.2) is 0 Å². The number of unbranched alkanes of at least 4 members (excludes halogenated alkanes) is 13. The highest BCUT2D eigenvalue weighted by Crippen LogP contribution is 2.12. The second-order valence-electron chi connectivity index (χ2n) is 5.88. The lowest BCUT2D eigenvalue weighted by Crippen LogP contribution is -2.50. The van der Waals surface area contributed by atoms with Crippen LogP contribution in [0.15, 0.2) is 0 Å². The summed E-state index contributed by atoms with van der Waals surface area (Å²) < 4.78 is 32.8. The van der Waals surface area contributed by atoms with E-state index in [2.05, 4.69) is 12.7 Å². The summed E-state index contributed by atoms with van der Waals surface area (Å²) in [7, 11) is -4.92. The molecular formula is C16H37NO4S. The molecule has 6 heteroatoms. The van der Waals surface area contributed by atoms with Gasteiger partial charge in [-0.1, -0.05) is 84.0 Å². The van der Waals surface area contributed by atoms with Gasteiger partial charge in [-0.3, -0.25) is 4.55 Å². The number of hydrogen-bond acceptors (Lipinski definition) is 3. The Bertz CT molecular complexity index is 273. The molecule has 0 radical (unpaired) electrons. The average Bonchev–Trinajstić information content (AvgIpc) is 2.42. The van der Waals surface area contributed by atoms with E-state index in [4.69, 9.17) is 17.5 Å². The van der Waals surface area contributed by atoms with Crippen LogP contribution in [0.4, 0.5) is 0 Å². The van der Waals surface area contributed by atoms with E-state index in [9.17, 15) is 0 Å². The largest absolute Gasteiger partial charge is 0.726 e. The van der Waals surface area contributed by atoms with E-state index >= 15 is 0 Å². The first-order valence-electron chi connectivity index (χ1n) is 8.89. The lowest BCUT2D eigenvalue weighted by Gasteiger charge is -2.02. The topological polar surface area (TPSA) is 105 Å². The lowest BCUT2D eigenvalue weighted by atomic mass is 10.0. The molecule has 0 aromatic carbocycles. The van der Waals surface area contributed by atoms with Crippen molar-refractivity contribution in [3.8, 4) is 0 Å². The summed E-state index contributed by atoms with van der Waals surface area (Å²) >= 11 is 0. The summed E-state index contributed by atoms with van der Waals surface area (Å²) in [6.45, 7) is 3.41. The smallest absolute Gasteiger partial charge is 0.215 e. The van der Waals surface area contributed by atoms with Gasteiger partial charge in [0.1, 0.15) is 0 Å². The second kappa shape index (κ2) is 18.9. The van der Waals surface area contributed by atoms with E-state index in [1.807, 2.05) is 0 Å². The zero-order chi connectivity index (χ0) is 17.1. The highest BCUT2D eigenvalue weighted by Gasteiger charge is 1.93. The zero-order valence-electron chi connectivity index (χ0n) is 14.4. The molecule has 0 aliphatic heterocycles. The Hall–Kier alpha value is -0.170. The van der Waals surface area contributed by atoms with Gasteiger partial charge in [0.05, 0.1) is 6.54 Å². The minimum Gasteiger partial charge on any atom is -0.726 e. The van der Waals surface area contributed by atoms with Gasteiger partial charge in [-0.25, -0.2) is 8.42 Å². The molecule has 0 amide bonds. The Labute approximate surface area is 137 Å². The van der Waals surface area contributed by atoms with Crippen LogP contribution in [0.3, 0.4) is 0 Å². The molecule has 0 saturated heterocycles. The molecule has 4 N–H and O–H groups in total. The van der Waals surface area contributed by atoms with E-state index in [1.54, 1.807) is 0 Å². The summed E-state index contributed by atoms with van der Waals surface area (Å²) in [5, 5.41) is 0. The van der Waals surface area contributed by atoms with Crippen molar-refractivity contribution in [2.24, 2.45) is 0 Å². The van der Waals surface area contributed by atoms with Gasteiger partial charge in [0, 0.05) is 0 Å². The molecule has 0 aliphatic carbocycles. The standard InChI is InChI=1S/C16H35N.H2O4S/c1-2-3-4-5-6-7-8-9-10-11-12-13-14-15-16-17;1-5(2,3)4/h2-17H2,1H3;(H2,1,2,3,4). The van der Waals surface area contributed by atoms with E-state index in [0.29, 0.717) is 0 Å². The van der Waals surface area contributed by atoms with Crippen LogP contribution >= 0.6 is 0 Å². The fourth-order valence-electron chi connectivity index (χ4n) is 2.37. The molecule has 5 nitrogen and oxygen atoms in total. The van der Waals surface area contributed by atoms with Crippen LogP contribution in [-0.2, 0) is 10.4 Å². The first kappa shape index (κ1) is 24.1. The predicted octanol–water partition coefficient (Wildman–Crippen LogP) is 3.71. The van der Waals surface area contributed by atoms with Crippen molar-refractivity contribution in [1.82, 2.24) is 0 Å². The molecule has 136 valence electrons. The van der Waals surface area contributed by atoms with Crippen molar-refractivity contribution < 1.29 is 23.3 Å². The van der Waals surface area contributed by atoms with Gasteiger partial charge in [-0.15, -0.1) is 0 Å². The Morgan fingerprint density at radius 3 is 1.18 bits per heavy atom. The van der Waals surface area contributed by atoms with E-state index in [0.717, 1.165) is 6.54 Å². The molecule has 0 aromatic heterocycles. The van der Waals surface area contributed by atoms with Gasteiger partial charge >= 0.3 is 0 Å². The predicted molar refractivity (Wildman–Crippen MR) is 90.4 cm³/mol. The second-order valence-corrected chi connectivity index (χ2v) is 6.73. The molecule has 0 fully saturated rings. The minimum atomic E-state index is -4.92. The molecule has 22 heavy (non-hydrogen) atoms. The third-order valence-corrected chi connectivity index (χ3v) is 3.60. The normalized spacial score (nSPS) is 11.1. The van der Waals surface area contributed by atoms with E-state index in [1.165, 1.54) is 89.9 Å². The van der Waals surface area contributed by atoms with Crippen LogP contribution in [0.25, 0.3) is 0 Å². The number of quaternary nitrogens is 1. The van der Waals surface area contributed by atoms with Gasteiger partial charge in [0.25, 0.3) is 0 Å². The highest BCUT2D eigenvalue weighted by molar-refractivity contribution is 7.79. The van der Waals surface area contributed by atoms with Crippen molar-refractivity contribution in [3.63, 3.8) is 0 Å². The Balaban J connectivity index is 0. The van der Waals surface area contributed by atoms with Gasteiger partial charge < -0.3 is 10.3 Å². The number of rotatable bonds is 14. The highest BCUT2D eigenvalue weighted by atomic mass is 32.3. The molecule has 0 bridgehead atoms. The summed E-state index contributed by atoms with van der Waals surface area (Å²) in [5.41, 5.74) is 3.88. The maximum Gasteiger partial charge on any atom is 0.215 e. The number of hydrogen-bond donors (Lipinski definition) is 2. The van der Waals surface area contributed by atoms with E-state index in [-0.39, 0.29) is 0 Å². The quantitative estimate of drug-likeness (QED) is 0.286. The van der Waals surface area contributed by atoms with Gasteiger partial charge in [-0.05, 0) is 12.8 Å².